The predicted octanol–water partition coefficient (Wildman–Crippen LogP) is -0.0176. The minimum atomic E-state index is -3.61. The molecule has 1 aromatic carbocycles. The zero-order chi connectivity index (χ0) is 13.4. The van der Waals surface area contributed by atoms with E-state index < -0.39 is 10.0 Å². The predicted molar refractivity (Wildman–Crippen MR) is 66.1 cm³/mol. The highest BCUT2D eigenvalue weighted by Crippen LogP contribution is 2.22. The van der Waals surface area contributed by atoms with Crippen LogP contribution in [0.4, 0.5) is 0 Å². The Balaban J connectivity index is 2.63. The Hall–Kier alpha value is -1.15. The van der Waals surface area contributed by atoms with Gasteiger partial charge in [0.05, 0.1) is 26.9 Å². The molecule has 0 heterocycles. The fraction of sp³-hybridized carbons (Fsp3) is 0.455. The molecule has 0 aliphatic carbocycles. The summed E-state index contributed by atoms with van der Waals surface area (Å²) in [7, 11) is -2.19. The highest BCUT2D eigenvalue weighted by Gasteiger charge is 2.17. The van der Waals surface area contributed by atoms with Crippen LogP contribution in [-0.4, -0.2) is 47.0 Å². The van der Waals surface area contributed by atoms with Crippen molar-refractivity contribution >= 4 is 10.0 Å². The van der Waals surface area contributed by atoms with E-state index in [2.05, 4.69) is 4.72 Å². The number of nitrogens with one attached hydrogen (secondary N) is 1. The molecule has 0 atom stereocenters. The highest BCUT2D eigenvalue weighted by atomic mass is 32.2. The first kappa shape index (κ1) is 14.9. The fourth-order valence-electron chi connectivity index (χ4n) is 1.33. The Bertz CT molecular complexity index is 460. The molecule has 1 aromatic rings. The average Bonchev–Trinajstić information content (AvgIpc) is 2.38. The fourth-order valence-corrected chi connectivity index (χ4v) is 2.51. The summed E-state index contributed by atoms with van der Waals surface area (Å²) in [6.07, 6.45) is 0. The van der Waals surface area contributed by atoms with Gasteiger partial charge in [-0.2, -0.15) is 0 Å². The minimum Gasteiger partial charge on any atom is -0.495 e. The minimum absolute atomic E-state index is 0.0841. The second kappa shape index (κ2) is 7.32. The summed E-state index contributed by atoms with van der Waals surface area (Å²) in [6.45, 7) is 0.449. The SMILES string of the molecule is COc1ccccc1S(=O)(=O)NCCOCCO. The van der Waals surface area contributed by atoms with Crippen LogP contribution in [0.2, 0.25) is 0 Å². The van der Waals surface area contributed by atoms with Gasteiger partial charge in [-0.25, -0.2) is 13.1 Å². The first-order chi connectivity index (χ1) is 8.61. The molecule has 0 aliphatic heterocycles. The molecule has 0 aromatic heterocycles. The summed E-state index contributed by atoms with van der Waals surface area (Å²) in [6, 6.07) is 6.37. The van der Waals surface area contributed by atoms with E-state index in [1.54, 1.807) is 18.2 Å². The number of aliphatic hydroxyl groups is 1. The third kappa shape index (κ3) is 4.26. The largest absolute Gasteiger partial charge is 0.495 e. The molecule has 0 aliphatic rings. The Morgan fingerprint density at radius 3 is 2.67 bits per heavy atom. The van der Waals surface area contributed by atoms with E-state index in [0.29, 0.717) is 5.75 Å². The lowest BCUT2D eigenvalue weighted by molar-refractivity contribution is 0.0961. The van der Waals surface area contributed by atoms with Crippen molar-refractivity contribution in [3.63, 3.8) is 0 Å². The van der Waals surface area contributed by atoms with Crippen LogP contribution in [0.5, 0.6) is 5.75 Å². The molecule has 0 radical (unpaired) electrons. The zero-order valence-electron chi connectivity index (χ0n) is 10.1. The maximum Gasteiger partial charge on any atom is 0.244 e. The molecule has 0 saturated carbocycles. The second-order valence-corrected chi connectivity index (χ2v) is 5.12. The Labute approximate surface area is 107 Å². The summed E-state index contributed by atoms with van der Waals surface area (Å²) in [4.78, 5) is 0.0923. The molecule has 0 bridgehead atoms. The number of hydrogen-bond acceptors (Lipinski definition) is 5. The van der Waals surface area contributed by atoms with Gasteiger partial charge < -0.3 is 14.6 Å². The Kier molecular flexibility index (Phi) is 6.06. The van der Waals surface area contributed by atoms with Gasteiger partial charge in [-0.1, -0.05) is 12.1 Å². The van der Waals surface area contributed by atoms with E-state index in [1.165, 1.54) is 13.2 Å². The first-order valence-corrected chi connectivity index (χ1v) is 6.91. The third-order valence-electron chi connectivity index (χ3n) is 2.13. The van der Waals surface area contributed by atoms with Crippen LogP contribution >= 0.6 is 0 Å². The summed E-state index contributed by atoms with van der Waals surface area (Å²) in [5.41, 5.74) is 0. The van der Waals surface area contributed by atoms with Crippen LogP contribution in [0.1, 0.15) is 0 Å². The van der Waals surface area contributed by atoms with Gasteiger partial charge >= 0.3 is 0 Å². The van der Waals surface area contributed by atoms with Crippen molar-refractivity contribution in [1.29, 1.82) is 0 Å². The van der Waals surface area contributed by atoms with Crippen molar-refractivity contribution in [3.8, 4) is 5.75 Å². The van der Waals surface area contributed by atoms with Crippen LogP contribution < -0.4 is 9.46 Å². The number of benzene rings is 1. The normalized spacial score (nSPS) is 11.4. The van der Waals surface area contributed by atoms with Gasteiger partial charge in [0.25, 0.3) is 0 Å². The van der Waals surface area contributed by atoms with Crippen LogP contribution in [-0.2, 0) is 14.8 Å². The van der Waals surface area contributed by atoms with Gasteiger partial charge in [-0.05, 0) is 12.1 Å². The zero-order valence-corrected chi connectivity index (χ0v) is 10.9. The summed E-state index contributed by atoms with van der Waals surface area (Å²) >= 11 is 0. The second-order valence-electron chi connectivity index (χ2n) is 3.38. The van der Waals surface area contributed by atoms with Gasteiger partial charge in [-0.3, -0.25) is 0 Å². The van der Waals surface area contributed by atoms with Gasteiger partial charge in [0.2, 0.25) is 10.0 Å². The van der Waals surface area contributed by atoms with E-state index in [4.69, 9.17) is 14.6 Å². The molecule has 0 saturated heterocycles. The molecule has 0 unspecified atom stereocenters. The molecule has 102 valence electrons. The smallest absolute Gasteiger partial charge is 0.244 e. The lowest BCUT2D eigenvalue weighted by Gasteiger charge is -2.10. The van der Waals surface area contributed by atoms with Gasteiger partial charge in [0.1, 0.15) is 10.6 Å². The number of ether oxygens (including phenoxy) is 2. The van der Waals surface area contributed by atoms with Crippen molar-refractivity contribution in [2.45, 2.75) is 4.90 Å². The molecule has 0 fully saturated rings. The van der Waals surface area contributed by atoms with Crippen molar-refractivity contribution < 1.29 is 23.0 Å². The van der Waals surface area contributed by atoms with Crippen molar-refractivity contribution in [1.82, 2.24) is 4.72 Å². The van der Waals surface area contributed by atoms with Crippen molar-refractivity contribution in [3.05, 3.63) is 24.3 Å². The average molecular weight is 275 g/mol. The molecule has 6 nitrogen and oxygen atoms in total. The van der Waals surface area contributed by atoms with E-state index in [1.807, 2.05) is 0 Å². The molecule has 18 heavy (non-hydrogen) atoms. The number of sulfonamides is 1. The van der Waals surface area contributed by atoms with E-state index >= 15 is 0 Å². The standard InChI is InChI=1S/C11H17NO5S/c1-16-10-4-2-3-5-11(10)18(14,15)12-6-8-17-9-7-13/h2-5,12-13H,6-9H2,1H3. The third-order valence-corrected chi connectivity index (χ3v) is 3.63. The van der Waals surface area contributed by atoms with Crippen molar-refractivity contribution in [2.75, 3.05) is 33.5 Å². The van der Waals surface area contributed by atoms with E-state index in [0.717, 1.165) is 0 Å². The summed E-state index contributed by atoms with van der Waals surface area (Å²) in [5, 5.41) is 8.49. The maximum atomic E-state index is 11.9. The molecule has 0 spiro atoms. The quantitative estimate of drug-likeness (QED) is 0.651. The Morgan fingerprint density at radius 2 is 2.00 bits per heavy atom. The molecule has 2 N–H and O–H groups in total. The number of para-hydroxylation sites is 1. The van der Waals surface area contributed by atoms with Gasteiger partial charge in [0.15, 0.2) is 0 Å². The Morgan fingerprint density at radius 1 is 1.28 bits per heavy atom. The molecular formula is C11H17NO5S. The maximum absolute atomic E-state index is 11.9. The molecular weight excluding hydrogens is 258 g/mol. The number of aliphatic hydroxyl groups excluding tert-OH is 1. The van der Waals surface area contributed by atoms with Crippen molar-refractivity contribution in [2.24, 2.45) is 0 Å². The monoisotopic (exact) mass is 275 g/mol. The van der Waals surface area contributed by atoms with Crippen LogP contribution in [0.25, 0.3) is 0 Å². The number of methoxy groups -OCH3 is 1. The number of rotatable bonds is 8. The van der Waals surface area contributed by atoms with Crippen LogP contribution in [0, 0.1) is 0 Å². The number of hydrogen-bond donors (Lipinski definition) is 2. The summed E-state index contributed by atoms with van der Waals surface area (Å²) < 4.78 is 36.2. The molecule has 7 heteroatoms. The van der Waals surface area contributed by atoms with Gasteiger partial charge in [0, 0.05) is 6.54 Å². The van der Waals surface area contributed by atoms with E-state index in [9.17, 15) is 8.42 Å². The van der Waals surface area contributed by atoms with Gasteiger partial charge in [-0.15, -0.1) is 0 Å². The van der Waals surface area contributed by atoms with Crippen LogP contribution in [0.15, 0.2) is 29.2 Å². The topological polar surface area (TPSA) is 84.9 Å². The van der Waals surface area contributed by atoms with Crippen LogP contribution in [0.3, 0.4) is 0 Å². The highest BCUT2D eigenvalue weighted by molar-refractivity contribution is 7.89. The molecule has 1 rings (SSSR count). The first-order valence-electron chi connectivity index (χ1n) is 5.43. The summed E-state index contributed by atoms with van der Waals surface area (Å²) in [5.74, 6) is 0.293. The van der Waals surface area contributed by atoms with E-state index in [-0.39, 0.29) is 31.3 Å². The lowest BCUT2D eigenvalue weighted by atomic mass is 10.3. The lowest BCUT2D eigenvalue weighted by Crippen LogP contribution is -2.28. The molecule has 0 amide bonds.